The van der Waals surface area contributed by atoms with Gasteiger partial charge in [-0.1, -0.05) is 18.5 Å². The zero-order chi connectivity index (χ0) is 10.8. The zero-order valence-corrected chi connectivity index (χ0v) is 9.37. The summed E-state index contributed by atoms with van der Waals surface area (Å²) in [5, 5.41) is 7.49. The van der Waals surface area contributed by atoms with E-state index in [0.29, 0.717) is 5.82 Å². The van der Waals surface area contributed by atoms with E-state index in [1.807, 2.05) is 6.92 Å². The minimum absolute atomic E-state index is 0.0603. The molecule has 0 radical (unpaired) electrons. The van der Waals surface area contributed by atoms with Gasteiger partial charge in [0.15, 0.2) is 11.0 Å². The predicted molar refractivity (Wildman–Crippen MR) is 56.3 cm³/mol. The van der Waals surface area contributed by atoms with Gasteiger partial charge >= 0.3 is 0 Å². The lowest BCUT2D eigenvalue weighted by Crippen LogP contribution is -2.05. The summed E-state index contributed by atoms with van der Waals surface area (Å²) in [6.45, 7) is 1.99. The molecule has 78 valence electrons. The van der Waals surface area contributed by atoms with Gasteiger partial charge in [-0.3, -0.25) is 4.57 Å². The molecule has 0 fully saturated rings. The molecule has 5 nitrogen and oxygen atoms in total. The number of aromatic nitrogens is 5. The molecule has 2 rings (SSSR count). The van der Waals surface area contributed by atoms with Crippen LogP contribution in [0.4, 0.5) is 0 Å². The number of rotatable bonds is 2. The molecule has 2 heterocycles. The topological polar surface area (TPSA) is 56.5 Å². The van der Waals surface area contributed by atoms with Gasteiger partial charge in [-0.05, 0) is 11.6 Å². The fourth-order valence-electron chi connectivity index (χ4n) is 1.23. The number of nitrogens with zero attached hydrogens (tertiary/aromatic N) is 5. The molecule has 0 saturated heterocycles. The van der Waals surface area contributed by atoms with Crippen LogP contribution in [0.15, 0.2) is 12.4 Å². The van der Waals surface area contributed by atoms with Crippen molar-refractivity contribution in [1.29, 1.82) is 0 Å². The average Bonchev–Trinajstić information content (AvgIpc) is 2.69. The second-order valence-corrected chi connectivity index (χ2v) is 3.46. The lowest BCUT2D eigenvalue weighted by Gasteiger charge is -2.05. The van der Waals surface area contributed by atoms with Crippen LogP contribution in [0, 0.1) is 0 Å². The van der Waals surface area contributed by atoms with Crippen molar-refractivity contribution >= 4 is 23.2 Å². The number of imidazole rings is 1. The van der Waals surface area contributed by atoms with Crippen molar-refractivity contribution in [2.45, 2.75) is 13.3 Å². The molecule has 0 spiro atoms. The van der Waals surface area contributed by atoms with Crippen LogP contribution in [0.3, 0.4) is 0 Å². The normalized spacial score (nSPS) is 10.6. The molecule has 0 aliphatic heterocycles. The summed E-state index contributed by atoms with van der Waals surface area (Å²) in [6.07, 6.45) is 4.20. The van der Waals surface area contributed by atoms with Gasteiger partial charge in [0.25, 0.3) is 0 Å². The van der Waals surface area contributed by atoms with E-state index >= 15 is 0 Å². The largest absolute Gasteiger partial charge is 0.285 e. The van der Waals surface area contributed by atoms with Gasteiger partial charge in [-0.25, -0.2) is 4.98 Å². The first-order valence-corrected chi connectivity index (χ1v) is 5.06. The highest BCUT2D eigenvalue weighted by molar-refractivity contribution is 6.31. The fraction of sp³-hybridized carbons (Fsp3) is 0.250. The van der Waals surface area contributed by atoms with E-state index in [2.05, 4.69) is 20.2 Å². The Morgan fingerprint density at radius 1 is 1.33 bits per heavy atom. The van der Waals surface area contributed by atoms with Crippen molar-refractivity contribution in [1.82, 2.24) is 24.7 Å². The number of hydrogen-bond donors (Lipinski definition) is 0. The van der Waals surface area contributed by atoms with E-state index in [4.69, 9.17) is 23.2 Å². The Morgan fingerprint density at radius 3 is 2.87 bits per heavy atom. The van der Waals surface area contributed by atoms with Crippen molar-refractivity contribution in [3.8, 4) is 5.82 Å². The monoisotopic (exact) mass is 243 g/mol. The molecule has 2 aromatic rings. The molecule has 0 aromatic carbocycles. The van der Waals surface area contributed by atoms with Crippen LogP contribution < -0.4 is 0 Å². The van der Waals surface area contributed by atoms with Crippen molar-refractivity contribution in [3.05, 3.63) is 28.7 Å². The zero-order valence-electron chi connectivity index (χ0n) is 7.85. The van der Waals surface area contributed by atoms with Crippen LogP contribution in [-0.2, 0) is 6.42 Å². The minimum Gasteiger partial charge on any atom is -0.285 e. The Morgan fingerprint density at radius 2 is 2.13 bits per heavy atom. The Kier molecular flexibility index (Phi) is 2.83. The molecule has 0 aliphatic rings. The summed E-state index contributed by atoms with van der Waals surface area (Å²) < 4.78 is 1.74. The van der Waals surface area contributed by atoms with Crippen molar-refractivity contribution in [3.63, 3.8) is 0 Å². The molecule has 0 saturated carbocycles. The van der Waals surface area contributed by atoms with Crippen LogP contribution >= 0.6 is 23.2 Å². The van der Waals surface area contributed by atoms with Crippen molar-refractivity contribution < 1.29 is 0 Å². The Labute approximate surface area is 96.1 Å². The van der Waals surface area contributed by atoms with Crippen LogP contribution in [0.25, 0.3) is 5.82 Å². The maximum atomic E-state index is 5.87. The van der Waals surface area contributed by atoms with E-state index in [1.165, 1.54) is 0 Å². The summed E-state index contributed by atoms with van der Waals surface area (Å²) in [4.78, 5) is 8.16. The maximum absolute atomic E-state index is 5.87. The van der Waals surface area contributed by atoms with Crippen LogP contribution in [0.2, 0.25) is 10.4 Å². The third-order valence-corrected chi connectivity index (χ3v) is 2.27. The van der Waals surface area contributed by atoms with Crippen LogP contribution in [-0.4, -0.2) is 24.7 Å². The summed E-state index contributed by atoms with van der Waals surface area (Å²) in [7, 11) is 0. The smallest absolute Gasteiger partial charge is 0.245 e. The standard InChI is InChI=1S/C8H7Cl2N5/c1-2-5-11-3-4-15(5)7-6(9)13-14-8(10)12-7/h3-4H,2H2,1H3. The van der Waals surface area contributed by atoms with E-state index in [-0.39, 0.29) is 10.4 Å². The molecule has 7 heteroatoms. The highest BCUT2D eigenvalue weighted by atomic mass is 35.5. The maximum Gasteiger partial charge on any atom is 0.245 e. The minimum atomic E-state index is 0.0603. The molecule has 0 bridgehead atoms. The van der Waals surface area contributed by atoms with Crippen LogP contribution in [0.5, 0.6) is 0 Å². The molecule has 0 aliphatic carbocycles. The van der Waals surface area contributed by atoms with Gasteiger partial charge in [0, 0.05) is 18.8 Å². The first-order chi connectivity index (χ1) is 7.22. The molecule has 0 amide bonds. The quantitative estimate of drug-likeness (QED) is 0.809. The van der Waals surface area contributed by atoms with Crippen molar-refractivity contribution in [2.24, 2.45) is 0 Å². The first-order valence-electron chi connectivity index (χ1n) is 4.30. The summed E-state index contributed by atoms with van der Waals surface area (Å²) in [6, 6.07) is 0. The molecule has 0 N–H and O–H groups in total. The lowest BCUT2D eigenvalue weighted by molar-refractivity contribution is 0.837. The second kappa shape index (κ2) is 4.12. The van der Waals surface area contributed by atoms with Gasteiger partial charge < -0.3 is 0 Å². The third-order valence-electron chi connectivity index (χ3n) is 1.86. The van der Waals surface area contributed by atoms with E-state index < -0.39 is 0 Å². The summed E-state index contributed by atoms with van der Waals surface area (Å²) in [5.41, 5.74) is 0. The van der Waals surface area contributed by atoms with Gasteiger partial charge in [0.1, 0.15) is 5.82 Å². The Bertz CT molecular complexity index is 482. The summed E-state index contributed by atoms with van der Waals surface area (Å²) >= 11 is 11.5. The Balaban J connectivity index is 2.58. The lowest BCUT2D eigenvalue weighted by atomic mass is 10.4. The number of halogens is 2. The number of hydrogen-bond acceptors (Lipinski definition) is 4. The number of aryl methyl sites for hydroxylation is 1. The molecule has 0 unspecified atom stereocenters. The van der Waals surface area contributed by atoms with E-state index in [0.717, 1.165) is 12.2 Å². The molecule has 15 heavy (non-hydrogen) atoms. The SMILES string of the molecule is CCc1nccn1-c1nc(Cl)nnc1Cl. The van der Waals surface area contributed by atoms with Crippen molar-refractivity contribution in [2.75, 3.05) is 0 Å². The fourth-order valence-corrected chi connectivity index (χ4v) is 1.52. The van der Waals surface area contributed by atoms with Gasteiger partial charge in [0.2, 0.25) is 5.28 Å². The van der Waals surface area contributed by atoms with Crippen LogP contribution in [0.1, 0.15) is 12.7 Å². The first kappa shape index (κ1) is 10.3. The highest BCUT2D eigenvalue weighted by Gasteiger charge is 2.11. The second-order valence-electron chi connectivity index (χ2n) is 2.76. The molecular weight excluding hydrogens is 237 g/mol. The highest BCUT2D eigenvalue weighted by Crippen LogP contribution is 2.17. The Hall–Kier alpha value is -1.20. The molecular formula is C8H7Cl2N5. The molecule has 0 atom stereocenters. The van der Waals surface area contributed by atoms with E-state index in [1.54, 1.807) is 17.0 Å². The average molecular weight is 244 g/mol. The van der Waals surface area contributed by atoms with Gasteiger partial charge in [-0.15, -0.1) is 10.2 Å². The van der Waals surface area contributed by atoms with Gasteiger partial charge in [0.05, 0.1) is 0 Å². The van der Waals surface area contributed by atoms with E-state index in [9.17, 15) is 0 Å². The van der Waals surface area contributed by atoms with Gasteiger partial charge in [-0.2, -0.15) is 4.98 Å². The summed E-state index contributed by atoms with van der Waals surface area (Å²) in [5.74, 6) is 1.29. The third kappa shape index (κ3) is 1.93. The predicted octanol–water partition coefficient (Wildman–Crippen LogP) is 1.93. The molecule has 2 aromatic heterocycles.